The van der Waals surface area contributed by atoms with Crippen molar-refractivity contribution in [2.45, 2.75) is 0 Å². The summed E-state index contributed by atoms with van der Waals surface area (Å²) in [6.07, 6.45) is 1.95. The Labute approximate surface area is 125 Å². The van der Waals surface area contributed by atoms with E-state index in [1.54, 1.807) is 0 Å². The summed E-state index contributed by atoms with van der Waals surface area (Å²) in [5, 5.41) is 0.695. The standard InChI is InChI=1S/C16H11ClN4/c17-11-7-5-10(6-8-11)13-9-21-14-4-2-1-3-12(14)20-16(21)15(18)19-13/h1-9H,(H2,18,19). The van der Waals surface area contributed by atoms with E-state index < -0.39 is 0 Å². The zero-order chi connectivity index (χ0) is 14.4. The molecule has 0 fully saturated rings. The van der Waals surface area contributed by atoms with Gasteiger partial charge in [0, 0.05) is 16.8 Å². The van der Waals surface area contributed by atoms with Crippen molar-refractivity contribution in [3.63, 3.8) is 0 Å². The molecular formula is C16H11ClN4. The number of nitrogens with two attached hydrogens (primary N) is 1. The molecule has 0 aliphatic rings. The van der Waals surface area contributed by atoms with Gasteiger partial charge in [-0.3, -0.25) is 4.40 Å². The van der Waals surface area contributed by atoms with Crippen molar-refractivity contribution in [3.8, 4) is 11.3 Å². The number of fused-ring (bicyclic) bond motifs is 3. The van der Waals surface area contributed by atoms with Gasteiger partial charge in [0.1, 0.15) is 0 Å². The van der Waals surface area contributed by atoms with Crippen molar-refractivity contribution in [1.82, 2.24) is 14.4 Å². The third-order valence-electron chi connectivity index (χ3n) is 3.46. The second-order valence-corrected chi connectivity index (χ2v) is 5.25. The fourth-order valence-corrected chi connectivity index (χ4v) is 2.57. The molecule has 0 saturated carbocycles. The highest BCUT2D eigenvalue weighted by atomic mass is 35.5. The lowest BCUT2D eigenvalue weighted by Gasteiger charge is -2.05. The second-order valence-electron chi connectivity index (χ2n) is 4.81. The van der Waals surface area contributed by atoms with Crippen LogP contribution in [0.4, 0.5) is 5.82 Å². The molecule has 102 valence electrons. The van der Waals surface area contributed by atoms with Crippen molar-refractivity contribution in [3.05, 3.63) is 59.8 Å². The van der Waals surface area contributed by atoms with Crippen LogP contribution < -0.4 is 5.73 Å². The van der Waals surface area contributed by atoms with Gasteiger partial charge >= 0.3 is 0 Å². The summed E-state index contributed by atoms with van der Waals surface area (Å²) in [7, 11) is 0. The molecule has 0 bridgehead atoms. The molecule has 0 amide bonds. The lowest BCUT2D eigenvalue weighted by molar-refractivity contribution is 1.17. The number of rotatable bonds is 1. The zero-order valence-electron chi connectivity index (χ0n) is 11.0. The highest BCUT2D eigenvalue weighted by Crippen LogP contribution is 2.25. The van der Waals surface area contributed by atoms with E-state index in [1.807, 2.05) is 59.1 Å². The Balaban J connectivity index is 2.03. The number of para-hydroxylation sites is 2. The topological polar surface area (TPSA) is 56.2 Å². The van der Waals surface area contributed by atoms with Crippen molar-refractivity contribution in [2.24, 2.45) is 0 Å². The van der Waals surface area contributed by atoms with Crippen LogP contribution in [-0.4, -0.2) is 14.4 Å². The van der Waals surface area contributed by atoms with Crippen molar-refractivity contribution >= 4 is 34.1 Å². The lowest BCUT2D eigenvalue weighted by Crippen LogP contribution is -1.99. The first kappa shape index (κ1) is 12.2. The van der Waals surface area contributed by atoms with Crippen LogP contribution in [0.15, 0.2) is 54.7 Å². The third-order valence-corrected chi connectivity index (χ3v) is 3.71. The number of imidazole rings is 1. The van der Waals surface area contributed by atoms with Gasteiger partial charge in [-0.05, 0) is 24.3 Å². The predicted octanol–water partition coefficient (Wildman–Crippen LogP) is 3.79. The van der Waals surface area contributed by atoms with Gasteiger partial charge in [0.15, 0.2) is 11.5 Å². The van der Waals surface area contributed by atoms with Gasteiger partial charge in [-0.2, -0.15) is 0 Å². The van der Waals surface area contributed by atoms with E-state index in [2.05, 4.69) is 9.97 Å². The Morgan fingerprint density at radius 3 is 2.52 bits per heavy atom. The molecule has 0 saturated heterocycles. The van der Waals surface area contributed by atoms with E-state index >= 15 is 0 Å². The minimum atomic E-state index is 0.415. The molecule has 0 aliphatic heterocycles. The van der Waals surface area contributed by atoms with Crippen LogP contribution in [0.5, 0.6) is 0 Å². The lowest BCUT2D eigenvalue weighted by atomic mass is 10.1. The first-order valence-electron chi connectivity index (χ1n) is 6.51. The highest BCUT2D eigenvalue weighted by molar-refractivity contribution is 6.30. The average molecular weight is 295 g/mol. The van der Waals surface area contributed by atoms with Crippen LogP contribution >= 0.6 is 11.6 Å². The van der Waals surface area contributed by atoms with Crippen molar-refractivity contribution in [1.29, 1.82) is 0 Å². The van der Waals surface area contributed by atoms with E-state index in [9.17, 15) is 0 Å². The molecule has 21 heavy (non-hydrogen) atoms. The molecule has 4 aromatic rings. The Kier molecular flexibility index (Phi) is 2.59. The van der Waals surface area contributed by atoms with Crippen LogP contribution in [0, 0.1) is 0 Å². The van der Waals surface area contributed by atoms with E-state index in [0.717, 1.165) is 22.3 Å². The Morgan fingerprint density at radius 1 is 0.952 bits per heavy atom. The van der Waals surface area contributed by atoms with E-state index in [-0.39, 0.29) is 0 Å². The summed E-state index contributed by atoms with van der Waals surface area (Å²) in [4.78, 5) is 8.97. The SMILES string of the molecule is Nc1nc(-c2ccc(Cl)cc2)cn2c1nc1ccccc12. The molecule has 2 aromatic carbocycles. The maximum absolute atomic E-state index is 6.07. The molecule has 0 atom stereocenters. The number of nitrogen functional groups attached to an aromatic ring is 1. The first-order valence-corrected chi connectivity index (χ1v) is 6.89. The minimum absolute atomic E-state index is 0.415. The van der Waals surface area contributed by atoms with Gasteiger partial charge in [0.25, 0.3) is 0 Å². The Morgan fingerprint density at radius 2 is 1.71 bits per heavy atom. The number of hydrogen-bond acceptors (Lipinski definition) is 3. The molecule has 4 nitrogen and oxygen atoms in total. The van der Waals surface area contributed by atoms with Crippen LogP contribution in [0.25, 0.3) is 27.9 Å². The van der Waals surface area contributed by atoms with Gasteiger partial charge in [-0.1, -0.05) is 35.9 Å². The molecule has 2 aromatic heterocycles. The number of halogens is 1. The predicted molar refractivity (Wildman–Crippen MR) is 85.4 cm³/mol. The summed E-state index contributed by atoms with van der Waals surface area (Å²) in [5.74, 6) is 0.415. The number of aromatic nitrogens is 3. The van der Waals surface area contributed by atoms with E-state index in [0.29, 0.717) is 16.5 Å². The number of hydrogen-bond donors (Lipinski definition) is 1. The third kappa shape index (κ3) is 1.92. The monoisotopic (exact) mass is 294 g/mol. The minimum Gasteiger partial charge on any atom is -0.381 e. The molecule has 0 radical (unpaired) electrons. The van der Waals surface area contributed by atoms with Crippen LogP contribution in [0.3, 0.4) is 0 Å². The largest absolute Gasteiger partial charge is 0.381 e. The zero-order valence-corrected chi connectivity index (χ0v) is 11.7. The summed E-state index contributed by atoms with van der Waals surface area (Å²) in [6, 6.07) is 15.4. The van der Waals surface area contributed by atoms with Gasteiger partial charge in [0.05, 0.1) is 16.7 Å². The van der Waals surface area contributed by atoms with Crippen LogP contribution in [-0.2, 0) is 0 Å². The molecule has 2 heterocycles. The Bertz CT molecular complexity index is 957. The quantitative estimate of drug-likeness (QED) is 0.581. The van der Waals surface area contributed by atoms with Crippen molar-refractivity contribution < 1.29 is 0 Å². The van der Waals surface area contributed by atoms with Gasteiger partial charge in [-0.15, -0.1) is 0 Å². The van der Waals surface area contributed by atoms with Crippen LogP contribution in [0.2, 0.25) is 5.02 Å². The molecule has 2 N–H and O–H groups in total. The molecule has 4 rings (SSSR count). The van der Waals surface area contributed by atoms with E-state index in [4.69, 9.17) is 17.3 Å². The molecular weight excluding hydrogens is 284 g/mol. The second kappa shape index (κ2) is 4.46. The number of benzene rings is 2. The molecule has 0 aliphatic carbocycles. The Hall–Kier alpha value is -2.59. The smallest absolute Gasteiger partial charge is 0.180 e. The van der Waals surface area contributed by atoms with Gasteiger partial charge in [-0.25, -0.2) is 9.97 Å². The number of anilines is 1. The van der Waals surface area contributed by atoms with Crippen LogP contribution in [0.1, 0.15) is 0 Å². The molecule has 5 heteroatoms. The molecule has 0 unspecified atom stereocenters. The summed E-state index contributed by atoms with van der Waals surface area (Å²) in [5.41, 5.74) is 10.4. The summed E-state index contributed by atoms with van der Waals surface area (Å²) < 4.78 is 1.97. The average Bonchev–Trinajstić information content (AvgIpc) is 2.87. The van der Waals surface area contributed by atoms with Crippen molar-refractivity contribution in [2.75, 3.05) is 5.73 Å². The van der Waals surface area contributed by atoms with E-state index in [1.165, 1.54) is 0 Å². The maximum atomic E-state index is 6.07. The van der Waals surface area contributed by atoms with Gasteiger partial charge in [0.2, 0.25) is 0 Å². The molecule has 0 spiro atoms. The normalized spacial score (nSPS) is 11.3. The number of nitrogens with zero attached hydrogens (tertiary/aromatic N) is 3. The summed E-state index contributed by atoms with van der Waals surface area (Å²) >= 11 is 5.93. The fraction of sp³-hybridized carbons (Fsp3) is 0. The highest BCUT2D eigenvalue weighted by Gasteiger charge is 2.10. The summed E-state index contributed by atoms with van der Waals surface area (Å²) in [6.45, 7) is 0. The maximum Gasteiger partial charge on any atom is 0.180 e. The fourth-order valence-electron chi connectivity index (χ4n) is 2.45. The first-order chi connectivity index (χ1) is 10.2. The van der Waals surface area contributed by atoms with Gasteiger partial charge < -0.3 is 5.73 Å².